The van der Waals surface area contributed by atoms with Gasteiger partial charge in [-0.15, -0.1) is 0 Å². The molecular formula is C43H24B2N4. The molecule has 49 heavy (non-hydrogen) atoms. The highest BCUT2D eigenvalue weighted by atomic mass is 15.1. The number of nitrogens with zero attached hydrogens (tertiary/aromatic N) is 4. The Hall–Kier alpha value is -6.13. The number of rotatable bonds is 0. The van der Waals surface area contributed by atoms with Crippen LogP contribution in [0.1, 0.15) is 11.1 Å². The molecule has 0 N–H and O–H groups in total. The van der Waals surface area contributed by atoms with Gasteiger partial charge < -0.3 is 18.3 Å². The Bertz CT molecular complexity index is 2960. The van der Waals surface area contributed by atoms with Crippen molar-refractivity contribution >= 4 is 90.3 Å². The maximum Gasteiger partial charge on any atom is 0.253 e. The van der Waals surface area contributed by atoms with Crippen LogP contribution in [-0.4, -0.2) is 31.7 Å². The van der Waals surface area contributed by atoms with Crippen molar-refractivity contribution in [3.8, 4) is 22.7 Å². The predicted octanol–water partition coefficient (Wildman–Crippen LogP) is 4.78. The molecule has 0 saturated heterocycles. The Morgan fingerprint density at radius 1 is 0.327 bits per heavy atom. The van der Waals surface area contributed by atoms with E-state index in [1.807, 2.05) is 0 Å². The zero-order chi connectivity index (χ0) is 31.3. The van der Waals surface area contributed by atoms with Gasteiger partial charge in [-0.2, -0.15) is 0 Å². The molecule has 5 aliphatic rings. The summed E-state index contributed by atoms with van der Waals surface area (Å²) in [4.78, 5) is 0. The second-order valence-electron chi connectivity index (χ2n) is 14.4. The van der Waals surface area contributed by atoms with Crippen LogP contribution in [0, 0.1) is 0 Å². The van der Waals surface area contributed by atoms with E-state index in [1.165, 1.54) is 111 Å². The quantitative estimate of drug-likeness (QED) is 0.173. The topological polar surface area (TPSA) is 19.7 Å². The molecular weight excluding hydrogens is 594 g/mol. The molecule has 14 rings (SSSR count). The lowest BCUT2D eigenvalue weighted by Crippen LogP contribution is -2.66. The van der Waals surface area contributed by atoms with E-state index in [2.05, 4.69) is 152 Å². The molecule has 5 aliphatic heterocycles. The molecule has 0 aliphatic carbocycles. The molecule has 0 spiro atoms. The van der Waals surface area contributed by atoms with Gasteiger partial charge in [0.2, 0.25) is 0 Å². The second-order valence-corrected chi connectivity index (χ2v) is 14.4. The van der Waals surface area contributed by atoms with E-state index < -0.39 is 0 Å². The van der Waals surface area contributed by atoms with Crippen molar-refractivity contribution in [3.05, 3.63) is 145 Å². The van der Waals surface area contributed by atoms with Crippen molar-refractivity contribution < 1.29 is 0 Å². The Balaban J connectivity index is 1.42. The SMILES string of the molecule is c1ccc2c(c1)B1c3ccccc3-n3c4ccccc4n4c5c6c7c(c1c53)n-2c1ccccc1n7-c1cccc2c1B6c1c(cccc1-4)C2. The van der Waals surface area contributed by atoms with E-state index in [0.29, 0.717) is 0 Å². The Labute approximate surface area is 281 Å². The molecule has 7 aromatic carbocycles. The van der Waals surface area contributed by atoms with Crippen molar-refractivity contribution in [2.24, 2.45) is 0 Å². The first-order valence-electron chi connectivity index (χ1n) is 17.4. The predicted molar refractivity (Wildman–Crippen MR) is 204 cm³/mol. The normalized spacial score (nSPS) is 14.4. The third kappa shape index (κ3) is 2.42. The van der Waals surface area contributed by atoms with Gasteiger partial charge in [0.05, 0.1) is 44.1 Å². The Kier molecular flexibility index (Phi) is 3.82. The molecule has 0 bridgehead atoms. The monoisotopic (exact) mass is 618 g/mol. The molecule has 2 aromatic heterocycles. The third-order valence-electron chi connectivity index (χ3n) is 12.4. The highest BCUT2D eigenvalue weighted by Gasteiger charge is 2.49. The van der Waals surface area contributed by atoms with Gasteiger partial charge in [-0.1, -0.05) is 84.9 Å². The lowest BCUT2D eigenvalue weighted by Gasteiger charge is -2.45. The highest BCUT2D eigenvalue weighted by molar-refractivity contribution is 7.04. The number of para-hydroxylation sites is 6. The van der Waals surface area contributed by atoms with Gasteiger partial charge in [0.1, 0.15) is 0 Å². The van der Waals surface area contributed by atoms with Crippen molar-refractivity contribution in [1.82, 2.24) is 18.3 Å². The molecule has 0 unspecified atom stereocenters. The smallest absolute Gasteiger partial charge is 0.253 e. The minimum Gasteiger partial charge on any atom is -0.307 e. The fourth-order valence-corrected chi connectivity index (χ4v) is 10.9. The van der Waals surface area contributed by atoms with Crippen LogP contribution in [0.15, 0.2) is 133 Å². The molecule has 9 aromatic rings. The summed E-state index contributed by atoms with van der Waals surface area (Å²) in [5.74, 6) is 0. The number of hydrogen-bond donors (Lipinski definition) is 0. The summed E-state index contributed by atoms with van der Waals surface area (Å²) in [6.45, 7) is 0.273. The van der Waals surface area contributed by atoms with Gasteiger partial charge in [0.15, 0.2) is 0 Å². The van der Waals surface area contributed by atoms with E-state index in [9.17, 15) is 0 Å². The largest absolute Gasteiger partial charge is 0.307 e. The van der Waals surface area contributed by atoms with Crippen LogP contribution < -0.4 is 32.8 Å². The zero-order valence-electron chi connectivity index (χ0n) is 26.4. The van der Waals surface area contributed by atoms with E-state index >= 15 is 0 Å². The average Bonchev–Trinajstić information content (AvgIpc) is 3.16. The van der Waals surface area contributed by atoms with Crippen LogP contribution in [-0.2, 0) is 6.42 Å². The first-order chi connectivity index (χ1) is 24.4. The second kappa shape index (κ2) is 7.77. The van der Waals surface area contributed by atoms with Gasteiger partial charge in [-0.3, -0.25) is 0 Å². The van der Waals surface area contributed by atoms with Crippen molar-refractivity contribution in [1.29, 1.82) is 0 Å². The van der Waals surface area contributed by atoms with Crippen molar-refractivity contribution in [2.45, 2.75) is 6.42 Å². The molecule has 0 atom stereocenters. The van der Waals surface area contributed by atoms with E-state index in [0.717, 1.165) is 6.42 Å². The third-order valence-corrected chi connectivity index (χ3v) is 12.4. The summed E-state index contributed by atoms with van der Waals surface area (Å²) >= 11 is 0. The first kappa shape index (κ1) is 24.1. The summed E-state index contributed by atoms with van der Waals surface area (Å²) in [6, 6.07) is 50.6. The lowest BCUT2D eigenvalue weighted by molar-refractivity contribution is 1.05. The standard InChI is InChI=1S/C43H24B2N4/c1-3-15-28-26(13-1)44-27-14-2-4-16-29(27)47-31-18-6-8-20-33(31)49-35-22-10-12-25-23-24-11-9-21-34-36(24)45(37(25)35)39-42-40(38(44)41(47)43(39)49)46(28)30-17-5-7-19-32(30)48(34)42/h1-22H,23H2. The van der Waals surface area contributed by atoms with E-state index in [-0.39, 0.29) is 13.4 Å². The molecule has 0 radical (unpaired) electrons. The molecule has 4 nitrogen and oxygen atoms in total. The van der Waals surface area contributed by atoms with Crippen molar-refractivity contribution in [2.75, 3.05) is 0 Å². The molecule has 0 saturated carbocycles. The van der Waals surface area contributed by atoms with Gasteiger partial charge in [-0.05, 0) is 98.9 Å². The molecule has 6 heteroatoms. The summed E-state index contributed by atoms with van der Waals surface area (Å²) in [6.07, 6.45) is 0.956. The Morgan fingerprint density at radius 2 is 0.694 bits per heavy atom. The van der Waals surface area contributed by atoms with Crippen LogP contribution in [0.5, 0.6) is 0 Å². The summed E-state index contributed by atoms with van der Waals surface area (Å²) in [7, 11) is 0. The average molecular weight is 618 g/mol. The number of fused-ring (bicyclic) bond motifs is 14. The van der Waals surface area contributed by atoms with E-state index in [1.54, 1.807) is 0 Å². The number of benzene rings is 7. The zero-order valence-corrected chi connectivity index (χ0v) is 26.4. The molecule has 0 fully saturated rings. The fourth-order valence-electron chi connectivity index (χ4n) is 10.9. The maximum atomic E-state index is 2.65. The minimum absolute atomic E-state index is 0.109. The highest BCUT2D eigenvalue weighted by Crippen LogP contribution is 2.42. The van der Waals surface area contributed by atoms with Crippen molar-refractivity contribution in [3.63, 3.8) is 0 Å². The lowest BCUT2D eigenvalue weighted by atomic mass is 9.29. The minimum atomic E-state index is 0.109. The fraction of sp³-hybridized carbons (Fsp3) is 0.0233. The molecule has 7 heterocycles. The van der Waals surface area contributed by atoms with Gasteiger partial charge in [0.25, 0.3) is 13.4 Å². The van der Waals surface area contributed by atoms with Gasteiger partial charge >= 0.3 is 0 Å². The van der Waals surface area contributed by atoms with Gasteiger partial charge in [0, 0.05) is 22.7 Å². The number of aromatic nitrogens is 4. The van der Waals surface area contributed by atoms with E-state index in [4.69, 9.17) is 0 Å². The van der Waals surface area contributed by atoms with Crippen LogP contribution in [0.3, 0.4) is 0 Å². The summed E-state index contributed by atoms with van der Waals surface area (Å²) < 4.78 is 10.5. The van der Waals surface area contributed by atoms with Crippen LogP contribution in [0.2, 0.25) is 0 Å². The molecule has 222 valence electrons. The first-order valence-corrected chi connectivity index (χ1v) is 17.4. The van der Waals surface area contributed by atoms with Crippen LogP contribution in [0.25, 0.3) is 66.9 Å². The summed E-state index contributed by atoms with van der Waals surface area (Å²) in [5.41, 5.74) is 27.1. The molecule has 0 amide bonds. The maximum absolute atomic E-state index is 2.65. The van der Waals surface area contributed by atoms with Crippen LogP contribution in [0.4, 0.5) is 0 Å². The number of hydrogen-bond acceptors (Lipinski definition) is 0. The summed E-state index contributed by atoms with van der Waals surface area (Å²) in [5, 5.41) is 0. The van der Waals surface area contributed by atoms with Gasteiger partial charge in [-0.25, -0.2) is 0 Å². The Morgan fingerprint density at radius 3 is 1.16 bits per heavy atom. The van der Waals surface area contributed by atoms with Crippen LogP contribution >= 0.6 is 0 Å².